The Balaban J connectivity index is 1.73. The molecular weight excluding hydrogens is 304 g/mol. The summed E-state index contributed by atoms with van der Waals surface area (Å²) in [7, 11) is 0. The van der Waals surface area contributed by atoms with Crippen LogP contribution in [0.5, 0.6) is 0 Å². The van der Waals surface area contributed by atoms with E-state index in [9.17, 15) is 9.90 Å². The van der Waals surface area contributed by atoms with Crippen molar-refractivity contribution in [3.8, 4) is 0 Å². The fourth-order valence-corrected chi connectivity index (χ4v) is 2.27. The monoisotopic (exact) mass is 330 g/mol. The van der Waals surface area contributed by atoms with Gasteiger partial charge in [-0.3, -0.25) is 4.68 Å². The molecule has 1 aromatic heterocycles. The number of amides is 2. The molecule has 0 aliphatic rings. The second-order valence-corrected chi connectivity index (χ2v) is 6.05. The molecule has 24 heavy (non-hydrogen) atoms. The van der Waals surface area contributed by atoms with Gasteiger partial charge in [-0.05, 0) is 11.5 Å². The van der Waals surface area contributed by atoms with Gasteiger partial charge in [-0.15, -0.1) is 0 Å². The Morgan fingerprint density at radius 1 is 1.25 bits per heavy atom. The lowest BCUT2D eigenvalue weighted by Crippen LogP contribution is -2.41. The van der Waals surface area contributed by atoms with E-state index in [-0.39, 0.29) is 18.5 Å². The zero-order valence-electron chi connectivity index (χ0n) is 14.3. The molecule has 0 fully saturated rings. The summed E-state index contributed by atoms with van der Waals surface area (Å²) in [5, 5.41) is 19.6. The van der Waals surface area contributed by atoms with Crippen LogP contribution >= 0.6 is 0 Å². The summed E-state index contributed by atoms with van der Waals surface area (Å²) in [6.07, 6.45) is 4.03. The van der Waals surface area contributed by atoms with Gasteiger partial charge in [-0.1, -0.05) is 50.6 Å². The Bertz CT molecular complexity index is 627. The number of nitrogens with zero attached hydrogens (tertiary/aromatic N) is 2. The van der Waals surface area contributed by atoms with Crippen LogP contribution in [0.15, 0.2) is 42.7 Å². The average molecular weight is 330 g/mol. The standard InChI is InChI=1S/C18H26N4O2/c1-3-14(2)17(23)11-20-18(24)19-9-16-10-21-22(13-16)12-15-7-5-4-6-8-15/h4-8,10,13-14,17,23H,3,9,11-12H2,1-2H3,(H2,19,20,24). The van der Waals surface area contributed by atoms with E-state index in [0.29, 0.717) is 13.1 Å². The Kier molecular flexibility index (Phi) is 6.81. The Morgan fingerprint density at radius 2 is 2.00 bits per heavy atom. The smallest absolute Gasteiger partial charge is 0.315 e. The summed E-state index contributed by atoms with van der Waals surface area (Å²) < 4.78 is 1.84. The lowest BCUT2D eigenvalue weighted by Gasteiger charge is -2.17. The van der Waals surface area contributed by atoms with E-state index in [4.69, 9.17) is 0 Å². The molecule has 0 saturated carbocycles. The number of urea groups is 1. The first-order valence-corrected chi connectivity index (χ1v) is 8.33. The topological polar surface area (TPSA) is 79.2 Å². The second-order valence-electron chi connectivity index (χ2n) is 6.05. The van der Waals surface area contributed by atoms with Crippen LogP contribution in [-0.4, -0.2) is 33.6 Å². The molecule has 2 unspecified atom stereocenters. The Hall–Kier alpha value is -2.34. The number of benzene rings is 1. The Labute approximate surface area is 142 Å². The molecule has 2 atom stereocenters. The molecule has 2 amide bonds. The predicted molar refractivity (Wildman–Crippen MR) is 93.5 cm³/mol. The van der Waals surface area contributed by atoms with Crippen LogP contribution in [0.4, 0.5) is 4.79 Å². The first kappa shape index (κ1) is 18.0. The van der Waals surface area contributed by atoms with Crippen molar-refractivity contribution in [3.63, 3.8) is 0 Å². The van der Waals surface area contributed by atoms with Gasteiger partial charge in [0.2, 0.25) is 0 Å². The van der Waals surface area contributed by atoms with Crippen molar-refractivity contribution >= 4 is 6.03 Å². The number of carbonyl (C=O) groups excluding carboxylic acids is 1. The van der Waals surface area contributed by atoms with Crippen molar-refractivity contribution < 1.29 is 9.90 Å². The van der Waals surface area contributed by atoms with E-state index >= 15 is 0 Å². The number of aliphatic hydroxyl groups excluding tert-OH is 1. The van der Waals surface area contributed by atoms with Gasteiger partial charge in [-0.2, -0.15) is 5.10 Å². The third kappa shape index (κ3) is 5.70. The highest BCUT2D eigenvalue weighted by Gasteiger charge is 2.13. The van der Waals surface area contributed by atoms with Crippen molar-refractivity contribution in [2.75, 3.05) is 6.54 Å². The highest BCUT2D eigenvalue weighted by atomic mass is 16.3. The fourth-order valence-electron chi connectivity index (χ4n) is 2.27. The SMILES string of the molecule is CCC(C)C(O)CNC(=O)NCc1cnn(Cc2ccccc2)c1. The van der Waals surface area contributed by atoms with Crippen molar-refractivity contribution in [1.29, 1.82) is 0 Å². The largest absolute Gasteiger partial charge is 0.391 e. The molecule has 3 N–H and O–H groups in total. The van der Waals surface area contributed by atoms with E-state index in [1.165, 1.54) is 5.56 Å². The third-order valence-corrected chi connectivity index (χ3v) is 4.10. The van der Waals surface area contributed by atoms with Gasteiger partial charge >= 0.3 is 6.03 Å². The van der Waals surface area contributed by atoms with Gasteiger partial charge in [-0.25, -0.2) is 4.79 Å². The maximum absolute atomic E-state index is 11.8. The summed E-state index contributed by atoms with van der Waals surface area (Å²) in [4.78, 5) is 11.8. The minimum Gasteiger partial charge on any atom is -0.391 e. The fraction of sp³-hybridized carbons (Fsp3) is 0.444. The molecule has 6 heteroatoms. The highest BCUT2D eigenvalue weighted by molar-refractivity contribution is 5.73. The molecule has 1 heterocycles. The first-order chi connectivity index (χ1) is 11.6. The van der Waals surface area contributed by atoms with Gasteiger partial charge in [0.15, 0.2) is 0 Å². The molecule has 6 nitrogen and oxygen atoms in total. The maximum Gasteiger partial charge on any atom is 0.315 e. The van der Waals surface area contributed by atoms with Crippen molar-refractivity contribution in [2.45, 2.75) is 39.5 Å². The summed E-state index contributed by atoms with van der Waals surface area (Å²) in [6, 6.07) is 9.80. The minimum atomic E-state index is -0.519. The van der Waals surface area contributed by atoms with Gasteiger partial charge in [0.05, 0.1) is 18.8 Å². The lowest BCUT2D eigenvalue weighted by atomic mass is 10.0. The van der Waals surface area contributed by atoms with Crippen molar-refractivity contribution in [3.05, 3.63) is 53.9 Å². The Morgan fingerprint density at radius 3 is 2.71 bits per heavy atom. The number of hydrogen-bond acceptors (Lipinski definition) is 3. The predicted octanol–water partition coefficient (Wildman–Crippen LogP) is 2.14. The molecular formula is C18H26N4O2. The number of hydrogen-bond donors (Lipinski definition) is 3. The van der Waals surface area contributed by atoms with E-state index in [0.717, 1.165) is 12.0 Å². The van der Waals surface area contributed by atoms with Crippen LogP contribution in [0.2, 0.25) is 0 Å². The number of aliphatic hydroxyl groups is 1. The lowest BCUT2D eigenvalue weighted by molar-refractivity contribution is 0.114. The highest BCUT2D eigenvalue weighted by Crippen LogP contribution is 2.06. The van der Waals surface area contributed by atoms with E-state index in [1.54, 1.807) is 6.20 Å². The van der Waals surface area contributed by atoms with E-state index in [1.807, 2.05) is 42.9 Å². The van der Waals surface area contributed by atoms with Gasteiger partial charge < -0.3 is 15.7 Å². The number of rotatable bonds is 8. The summed E-state index contributed by atoms with van der Waals surface area (Å²) in [5.41, 5.74) is 2.11. The third-order valence-electron chi connectivity index (χ3n) is 4.10. The molecule has 130 valence electrons. The quantitative estimate of drug-likeness (QED) is 0.694. The molecule has 0 saturated heterocycles. The zero-order valence-corrected chi connectivity index (χ0v) is 14.3. The van der Waals surface area contributed by atoms with Gasteiger partial charge in [0.1, 0.15) is 0 Å². The van der Waals surface area contributed by atoms with Crippen LogP contribution in [0.3, 0.4) is 0 Å². The molecule has 0 aliphatic carbocycles. The zero-order chi connectivity index (χ0) is 17.4. The number of carbonyl (C=O) groups is 1. The second kappa shape index (κ2) is 9.08. The number of aromatic nitrogens is 2. The molecule has 0 spiro atoms. The van der Waals surface area contributed by atoms with Crippen LogP contribution in [0, 0.1) is 5.92 Å². The summed E-state index contributed by atoms with van der Waals surface area (Å²) in [5.74, 6) is 0.168. The normalized spacial score (nSPS) is 13.3. The van der Waals surface area contributed by atoms with E-state index < -0.39 is 6.10 Å². The van der Waals surface area contributed by atoms with Crippen LogP contribution < -0.4 is 10.6 Å². The van der Waals surface area contributed by atoms with Crippen LogP contribution in [0.1, 0.15) is 31.4 Å². The van der Waals surface area contributed by atoms with Gasteiger partial charge in [0.25, 0.3) is 0 Å². The summed E-state index contributed by atoms with van der Waals surface area (Å²) >= 11 is 0. The molecule has 2 aromatic rings. The average Bonchev–Trinajstić information content (AvgIpc) is 3.05. The van der Waals surface area contributed by atoms with Crippen molar-refractivity contribution in [2.24, 2.45) is 5.92 Å². The van der Waals surface area contributed by atoms with Crippen LogP contribution in [-0.2, 0) is 13.1 Å². The van der Waals surface area contributed by atoms with E-state index in [2.05, 4.69) is 27.9 Å². The van der Waals surface area contributed by atoms with Crippen LogP contribution in [0.25, 0.3) is 0 Å². The summed E-state index contributed by atoms with van der Waals surface area (Å²) in [6.45, 7) is 5.34. The minimum absolute atomic E-state index is 0.168. The molecule has 2 rings (SSSR count). The first-order valence-electron chi connectivity index (χ1n) is 8.33. The number of nitrogens with one attached hydrogen (secondary N) is 2. The molecule has 1 aromatic carbocycles. The molecule has 0 radical (unpaired) electrons. The van der Waals surface area contributed by atoms with Gasteiger partial charge in [0, 0.05) is 24.8 Å². The molecule has 0 bridgehead atoms. The molecule has 0 aliphatic heterocycles. The van der Waals surface area contributed by atoms with Crippen molar-refractivity contribution in [1.82, 2.24) is 20.4 Å². The maximum atomic E-state index is 11.8.